The van der Waals surface area contributed by atoms with Gasteiger partial charge >= 0.3 is 5.97 Å². The molecule has 112 valence electrons. The van der Waals surface area contributed by atoms with Gasteiger partial charge < -0.3 is 10.4 Å². The first-order valence-corrected chi connectivity index (χ1v) is 7.64. The van der Waals surface area contributed by atoms with Crippen molar-refractivity contribution >= 4 is 5.97 Å². The molecule has 2 N–H and O–H groups in total. The van der Waals surface area contributed by atoms with E-state index in [9.17, 15) is 9.90 Å². The molecule has 1 rings (SSSR count). The van der Waals surface area contributed by atoms with Crippen LogP contribution in [0, 0.1) is 10.8 Å². The van der Waals surface area contributed by atoms with Gasteiger partial charge in [-0.2, -0.15) is 0 Å². The fourth-order valence-corrected chi connectivity index (χ4v) is 3.93. The maximum absolute atomic E-state index is 11.3. The van der Waals surface area contributed by atoms with Crippen LogP contribution in [0.4, 0.5) is 0 Å². The Kier molecular flexibility index (Phi) is 5.43. The van der Waals surface area contributed by atoms with Crippen LogP contribution in [0.5, 0.6) is 0 Å². The van der Waals surface area contributed by atoms with Crippen molar-refractivity contribution < 1.29 is 9.90 Å². The van der Waals surface area contributed by atoms with Gasteiger partial charge in [-0.1, -0.05) is 47.5 Å². The number of rotatable bonds is 6. The van der Waals surface area contributed by atoms with Gasteiger partial charge in [0.05, 0.1) is 0 Å². The van der Waals surface area contributed by atoms with Crippen molar-refractivity contribution in [2.75, 3.05) is 0 Å². The fraction of sp³-hybridized carbons (Fsp3) is 0.938. The van der Waals surface area contributed by atoms with E-state index in [4.69, 9.17) is 0 Å². The van der Waals surface area contributed by atoms with Crippen LogP contribution in [0.25, 0.3) is 0 Å². The van der Waals surface area contributed by atoms with Crippen molar-refractivity contribution in [2.45, 2.75) is 85.2 Å². The average Bonchev–Trinajstić information content (AvgIpc) is 2.19. The largest absolute Gasteiger partial charge is 0.480 e. The number of carboxylic acid groups (broad SMARTS) is 1. The van der Waals surface area contributed by atoms with Crippen molar-refractivity contribution in [1.29, 1.82) is 0 Å². The van der Waals surface area contributed by atoms with Crippen LogP contribution < -0.4 is 5.32 Å². The van der Waals surface area contributed by atoms with E-state index in [1.165, 1.54) is 6.42 Å². The number of nitrogens with one attached hydrogen (secondary N) is 1. The Morgan fingerprint density at radius 1 is 1.26 bits per heavy atom. The van der Waals surface area contributed by atoms with E-state index in [0.29, 0.717) is 16.9 Å². The Balaban J connectivity index is 2.65. The summed E-state index contributed by atoms with van der Waals surface area (Å²) >= 11 is 0. The highest BCUT2D eigenvalue weighted by molar-refractivity contribution is 5.73. The third-order valence-electron chi connectivity index (χ3n) is 4.14. The molecular formula is C16H31NO2. The predicted molar refractivity (Wildman–Crippen MR) is 79.3 cm³/mol. The molecule has 0 spiro atoms. The molecule has 1 atom stereocenters. The normalized spacial score (nSPS) is 24.1. The molecule has 1 aliphatic rings. The molecule has 3 nitrogen and oxygen atoms in total. The summed E-state index contributed by atoms with van der Waals surface area (Å²) in [5, 5.41) is 12.7. The lowest BCUT2D eigenvalue weighted by Gasteiger charge is -2.46. The first kappa shape index (κ1) is 16.5. The minimum Gasteiger partial charge on any atom is -0.480 e. The Morgan fingerprint density at radius 3 is 2.21 bits per heavy atom. The second kappa shape index (κ2) is 6.25. The predicted octanol–water partition coefficient (Wildman–Crippen LogP) is 3.82. The molecule has 1 saturated carbocycles. The highest BCUT2D eigenvalue weighted by Crippen LogP contribution is 2.45. The summed E-state index contributed by atoms with van der Waals surface area (Å²) in [5.41, 5.74) is 0.598. The van der Waals surface area contributed by atoms with Crippen LogP contribution in [0.15, 0.2) is 0 Å². The van der Waals surface area contributed by atoms with Crippen LogP contribution in [-0.2, 0) is 4.79 Å². The summed E-state index contributed by atoms with van der Waals surface area (Å²) in [7, 11) is 0. The van der Waals surface area contributed by atoms with E-state index in [1.54, 1.807) is 0 Å². The van der Waals surface area contributed by atoms with Gasteiger partial charge in [0.2, 0.25) is 0 Å². The molecule has 0 radical (unpaired) electrons. The average molecular weight is 269 g/mol. The molecule has 3 heteroatoms. The van der Waals surface area contributed by atoms with E-state index in [0.717, 1.165) is 32.1 Å². The van der Waals surface area contributed by atoms with E-state index in [-0.39, 0.29) is 6.04 Å². The zero-order chi connectivity index (χ0) is 14.7. The zero-order valence-electron chi connectivity index (χ0n) is 13.3. The van der Waals surface area contributed by atoms with Gasteiger partial charge in [-0.15, -0.1) is 0 Å². The Bertz CT molecular complexity index is 294. The summed E-state index contributed by atoms with van der Waals surface area (Å²) < 4.78 is 0. The van der Waals surface area contributed by atoms with E-state index in [1.807, 2.05) is 0 Å². The molecule has 0 saturated heterocycles. The quantitative estimate of drug-likeness (QED) is 0.770. The monoisotopic (exact) mass is 269 g/mol. The minimum atomic E-state index is -0.699. The van der Waals surface area contributed by atoms with Gasteiger partial charge in [-0.25, -0.2) is 0 Å². The number of carboxylic acids is 1. The molecule has 1 fully saturated rings. The van der Waals surface area contributed by atoms with Crippen molar-refractivity contribution in [3.8, 4) is 0 Å². The van der Waals surface area contributed by atoms with E-state index >= 15 is 0 Å². The summed E-state index contributed by atoms with van der Waals surface area (Å²) in [6.45, 7) is 11.3. The zero-order valence-corrected chi connectivity index (χ0v) is 13.3. The number of aliphatic carboxylic acids is 1. The summed E-state index contributed by atoms with van der Waals surface area (Å²) in [6, 6.07) is -0.0497. The number of carbonyl (C=O) groups is 1. The lowest BCUT2D eigenvalue weighted by atomic mass is 9.63. The third kappa shape index (κ3) is 5.52. The van der Waals surface area contributed by atoms with Crippen molar-refractivity contribution in [1.82, 2.24) is 5.32 Å². The second-order valence-corrected chi connectivity index (χ2v) is 7.81. The van der Waals surface area contributed by atoms with E-state index in [2.05, 4.69) is 39.9 Å². The van der Waals surface area contributed by atoms with Gasteiger partial charge in [0, 0.05) is 6.04 Å². The first-order valence-electron chi connectivity index (χ1n) is 7.64. The van der Waals surface area contributed by atoms with Gasteiger partial charge in [0.25, 0.3) is 0 Å². The molecule has 0 aromatic rings. The van der Waals surface area contributed by atoms with Gasteiger partial charge in [0.1, 0.15) is 6.04 Å². The summed E-state index contributed by atoms with van der Waals surface area (Å²) in [4.78, 5) is 11.3. The molecule has 0 aliphatic heterocycles. The van der Waals surface area contributed by atoms with Crippen molar-refractivity contribution in [3.63, 3.8) is 0 Å². The maximum atomic E-state index is 11.3. The van der Waals surface area contributed by atoms with Gasteiger partial charge in [-0.3, -0.25) is 4.79 Å². The smallest absolute Gasteiger partial charge is 0.320 e. The molecule has 0 heterocycles. The van der Waals surface area contributed by atoms with Gasteiger partial charge in [0.15, 0.2) is 0 Å². The second-order valence-electron chi connectivity index (χ2n) is 7.81. The molecular weight excluding hydrogens is 238 g/mol. The number of hydrogen-bond acceptors (Lipinski definition) is 2. The standard InChI is InChI=1S/C16H31NO2/c1-6-7-8-13(14(18)19)17-12-9-15(2,3)11-16(4,5)10-12/h12-13,17H,6-11H2,1-5H3,(H,18,19). The molecule has 0 amide bonds. The fourth-order valence-electron chi connectivity index (χ4n) is 3.93. The molecule has 1 unspecified atom stereocenters. The van der Waals surface area contributed by atoms with Gasteiger partial charge in [-0.05, 0) is 36.5 Å². The topological polar surface area (TPSA) is 49.3 Å². The summed E-state index contributed by atoms with van der Waals surface area (Å²) in [5.74, 6) is -0.699. The molecule has 19 heavy (non-hydrogen) atoms. The number of unbranched alkanes of at least 4 members (excludes halogenated alkanes) is 1. The van der Waals surface area contributed by atoms with Crippen molar-refractivity contribution in [2.24, 2.45) is 10.8 Å². The minimum absolute atomic E-state index is 0.299. The van der Waals surface area contributed by atoms with Crippen LogP contribution in [0.2, 0.25) is 0 Å². The van der Waals surface area contributed by atoms with Crippen LogP contribution in [-0.4, -0.2) is 23.2 Å². The lowest BCUT2D eigenvalue weighted by Crippen LogP contribution is -2.49. The first-order chi connectivity index (χ1) is 8.65. The van der Waals surface area contributed by atoms with E-state index < -0.39 is 5.97 Å². The highest BCUT2D eigenvalue weighted by Gasteiger charge is 2.39. The van der Waals surface area contributed by atoms with Crippen LogP contribution in [0.3, 0.4) is 0 Å². The van der Waals surface area contributed by atoms with Crippen LogP contribution >= 0.6 is 0 Å². The van der Waals surface area contributed by atoms with Crippen molar-refractivity contribution in [3.05, 3.63) is 0 Å². The Hall–Kier alpha value is -0.570. The highest BCUT2D eigenvalue weighted by atomic mass is 16.4. The molecule has 1 aliphatic carbocycles. The van der Waals surface area contributed by atoms with Crippen LogP contribution in [0.1, 0.15) is 73.1 Å². The third-order valence-corrected chi connectivity index (χ3v) is 4.14. The summed E-state index contributed by atoms with van der Waals surface area (Å²) in [6.07, 6.45) is 6.13. The lowest BCUT2D eigenvalue weighted by molar-refractivity contribution is -0.140. The SMILES string of the molecule is CCCCC(NC1CC(C)(C)CC(C)(C)C1)C(=O)O. The maximum Gasteiger partial charge on any atom is 0.320 e. The Morgan fingerprint density at radius 2 is 1.79 bits per heavy atom. The molecule has 0 aromatic heterocycles. The molecule has 0 bridgehead atoms. The molecule has 0 aromatic carbocycles. The number of hydrogen-bond donors (Lipinski definition) is 2. The Labute approximate surface area is 118 Å².